The highest BCUT2D eigenvalue weighted by Crippen LogP contribution is 2.12. The van der Waals surface area contributed by atoms with Gasteiger partial charge in [0.15, 0.2) is 0 Å². The lowest BCUT2D eigenvalue weighted by Crippen LogP contribution is -2.34. The highest BCUT2D eigenvalue weighted by atomic mass is 19.4. The molecule has 1 saturated heterocycles. The van der Waals surface area contributed by atoms with Crippen LogP contribution < -0.4 is 0 Å². The third-order valence-corrected chi connectivity index (χ3v) is 1.14. The Hall–Kier alpha value is -0.220. The van der Waals surface area contributed by atoms with Crippen molar-refractivity contribution in [3.8, 4) is 0 Å². The monoisotopic (exact) mass is 123 g/mol. The molecule has 1 heterocycles. The molecule has 0 saturated carbocycles. The molecule has 0 spiro atoms. The van der Waals surface area contributed by atoms with Crippen molar-refractivity contribution in [2.45, 2.75) is 12.5 Å². The molecule has 1 rings (SSSR count). The predicted octanol–water partition coefficient (Wildman–Crippen LogP) is 0.846. The Morgan fingerprint density at radius 1 is 1.62 bits per heavy atom. The normalized spacial score (nSPS) is 28.1. The Labute approximate surface area is 45.9 Å². The fraction of sp³-hybridized carbons (Fsp3) is 1.00. The van der Waals surface area contributed by atoms with Crippen LogP contribution >= 0.6 is 0 Å². The Kier molecular flexibility index (Phi) is 1.75. The van der Waals surface area contributed by atoms with Crippen molar-refractivity contribution in [2.24, 2.45) is 0 Å². The average Bonchev–Trinajstić information content (AvgIpc) is 1.55. The van der Waals surface area contributed by atoms with Gasteiger partial charge in [0.25, 0.3) is 0 Å². The third kappa shape index (κ3) is 1.38. The van der Waals surface area contributed by atoms with Crippen LogP contribution in [0, 0.1) is 0 Å². The summed E-state index contributed by atoms with van der Waals surface area (Å²) in [5.74, 6) is 0. The van der Waals surface area contributed by atoms with Gasteiger partial charge in [-0.15, -0.1) is 8.96 Å². The second-order valence-corrected chi connectivity index (χ2v) is 1.77. The quantitative estimate of drug-likeness (QED) is 0.504. The van der Waals surface area contributed by atoms with Gasteiger partial charge >= 0.3 is 0 Å². The summed E-state index contributed by atoms with van der Waals surface area (Å²) in [5, 5.41) is -0.843. The van der Waals surface area contributed by atoms with E-state index in [4.69, 9.17) is 4.74 Å². The van der Waals surface area contributed by atoms with Gasteiger partial charge in [-0.2, -0.15) is 0 Å². The number of halogens is 2. The first-order valence-electron chi connectivity index (χ1n) is 2.50. The van der Waals surface area contributed by atoms with Crippen molar-refractivity contribution in [3.05, 3.63) is 0 Å². The Morgan fingerprint density at radius 3 is 2.38 bits per heavy atom. The molecule has 48 valence electrons. The summed E-state index contributed by atoms with van der Waals surface area (Å²) in [5.41, 5.74) is 0. The first-order valence-corrected chi connectivity index (χ1v) is 2.50. The lowest BCUT2D eigenvalue weighted by atomic mass is 10.2. The summed E-state index contributed by atoms with van der Waals surface area (Å²) in [6.07, 6.45) is 0.551. The van der Waals surface area contributed by atoms with Gasteiger partial charge in [0.05, 0.1) is 12.6 Å². The SMILES string of the molecule is FN(F)CC1CCO1. The zero-order valence-corrected chi connectivity index (χ0v) is 4.31. The second-order valence-electron chi connectivity index (χ2n) is 1.77. The summed E-state index contributed by atoms with van der Waals surface area (Å²) in [6.45, 7) is 0.387. The Morgan fingerprint density at radius 2 is 2.25 bits per heavy atom. The molecule has 0 aromatic carbocycles. The van der Waals surface area contributed by atoms with E-state index in [9.17, 15) is 8.96 Å². The lowest BCUT2D eigenvalue weighted by molar-refractivity contribution is -0.195. The van der Waals surface area contributed by atoms with Gasteiger partial charge in [0, 0.05) is 12.0 Å². The fourth-order valence-corrected chi connectivity index (χ4v) is 0.582. The van der Waals surface area contributed by atoms with Gasteiger partial charge in [-0.25, -0.2) is 0 Å². The zero-order valence-electron chi connectivity index (χ0n) is 4.31. The second kappa shape index (κ2) is 2.37. The van der Waals surface area contributed by atoms with Crippen molar-refractivity contribution < 1.29 is 13.7 Å². The summed E-state index contributed by atoms with van der Waals surface area (Å²) in [7, 11) is 0. The maximum atomic E-state index is 11.3. The molecule has 0 bridgehead atoms. The van der Waals surface area contributed by atoms with Crippen molar-refractivity contribution >= 4 is 0 Å². The molecule has 1 atom stereocenters. The summed E-state index contributed by atoms with van der Waals surface area (Å²) in [6, 6.07) is 0. The van der Waals surface area contributed by atoms with Gasteiger partial charge in [-0.1, -0.05) is 0 Å². The molecule has 0 aromatic heterocycles. The molecule has 1 aliphatic heterocycles. The molecule has 1 fully saturated rings. The molecule has 0 N–H and O–H groups in total. The molecule has 8 heavy (non-hydrogen) atoms. The minimum atomic E-state index is -0.843. The van der Waals surface area contributed by atoms with E-state index in [-0.39, 0.29) is 12.6 Å². The molecule has 0 aliphatic carbocycles. The van der Waals surface area contributed by atoms with Crippen LogP contribution in [0.15, 0.2) is 0 Å². The molecule has 4 heteroatoms. The van der Waals surface area contributed by atoms with E-state index in [0.717, 1.165) is 6.42 Å². The van der Waals surface area contributed by atoms with E-state index in [2.05, 4.69) is 0 Å². The molecular weight excluding hydrogens is 116 g/mol. The first kappa shape index (κ1) is 5.91. The Balaban J connectivity index is 2.01. The van der Waals surface area contributed by atoms with Gasteiger partial charge in [0.2, 0.25) is 0 Å². The highest BCUT2D eigenvalue weighted by molar-refractivity contribution is 4.65. The van der Waals surface area contributed by atoms with Crippen molar-refractivity contribution in [3.63, 3.8) is 0 Å². The van der Waals surface area contributed by atoms with Gasteiger partial charge in [0.1, 0.15) is 0 Å². The molecular formula is C4H7F2NO. The van der Waals surface area contributed by atoms with Crippen LogP contribution in [0.25, 0.3) is 0 Å². The molecule has 1 unspecified atom stereocenters. The summed E-state index contributed by atoms with van der Waals surface area (Å²) < 4.78 is 27.2. The Bertz CT molecular complexity index is 74.4. The smallest absolute Gasteiger partial charge is 0.0883 e. The standard InChI is InChI=1S/C4H7F2NO/c5-7(6)3-4-1-2-8-4/h4H,1-3H2. The van der Waals surface area contributed by atoms with E-state index in [0.29, 0.717) is 6.61 Å². The van der Waals surface area contributed by atoms with E-state index in [1.165, 1.54) is 0 Å². The molecule has 1 aliphatic rings. The van der Waals surface area contributed by atoms with E-state index in [1.807, 2.05) is 0 Å². The molecule has 0 radical (unpaired) electrons. The maximum absolute atomic E-state index is 11.3. The van der Waals surface area contributed by atoms with Gasteiger partial charge < -0.3 is 4.74 Å². The summed E-state index contributed by atoms with van der Waals surface area (Å²) in [4.78, 5) is 0. The largest absolute Gasteiger partial charge is 0.376 e. The minimum Gasteiger partial charge on any atom is -0.376 e. The van der Waals surface area contributed by atoms with E-state index < -0.39 is 5.34 Å². The zero-order chi connectivity index (χ0) is 5.98. The number of nitrogens with zero attached hydrogens (tertiary/aromatic N) is 1. The van der Waals surface area contributed by atoms with Crippen molar-refractivity contribution in [2.75, 3.05) is 13.2 Å². The number of ether oxygens (including phenoxy) is 1. The summed E-state index contributed by atoms with van der Waals surface area (Å²) >= 11 is 0. The minimum absolute atomic E-state index is 0.218. The number of rotatable bonds is 2. The average molecular weight is 123 g/mol. The van der Waals surface area contributed by atoms with Gasteiger partial charge in [-0.3, -0.25) is 0 Å². The van der Waals surface area contributed by atoms with E-state index >= 15 is 0 Å². The van der Waals surface area contributed by atoms with Gasteiger partial charge in [-0.05, 0) is 6.42 Å². The fourth-order valence-electron chi connectivity index (χ4n) is 0.582. The van der Waals surface area contributed by atoms with Crippen LogP contribution in [0.3, 0.4) is 0 Å². The number of hydrogen-bond donors (Lipinski definition) is 0. The van der Waals surface area contributed by atoms with E-state index in [1.54, 1.807) is 0 Å². The topological polar surface area (TPSA) is 12.5 Å². The van der Waals surface area contributed by atoms with Crippen LogP contribution in [0.4, 0.5) is 8.96 Å². The lowest BCUT2D eigenvalue weighted by Gasteiger charge is -2.25. The van der Waals surface area contributed by atoms with Crippen LogP contribution in [0.2, 0.25) is 0 Å². The maximum Gasteiger partial charge on any atom is 0.0883 e. The van der Waals surface area contributed by atoms with Crippen molar-refractivity contribution in [1.82, 2.24) is 5.34 Å². The predicted molar refractivity (Wildman–Crippen MR) is 23.3 cm³/mol. The third-order valence-electron chi connectivity index (χ3n) is 1.14. The van der Waals surface area contributed by atoms with Crippen LogP contribution in [-0.4, -0.2) is 24.6 Å². The van der Waals surface area contributed by atoms with Crippen LogP contribution in [0.5, 0.6) is 0 Å². The first-order chi connectivity index (χ1) is 3.79. The van der Waals surface area contributed by atoms with Crippen LogP contribution in [0.1, 0.15) is 6.42 Å². The van der Waals surface area contributed by atoms with Crippen molar-refractivity contribution in [1.29, 1.82) is 0 Å². The molecule has 0 aromatic rings. The van der Waals surface area contributed by atoms with Crippen LogP contribution in [-0.2, 0) is 4.74 Å². The molecule has 0 amide bonds. The highest BCUT2D eigenvalue weighted by Gasteiger charge is 2.21. The molecule has 2 nitrogen and oxygen atoms in total. The number of hydrogen-bond acceptors (Lipinski definition) is 2.